The normalized spacial score (nSPS) is 14.2. The third-order valence-corrected chi connectivity index (χ3v) is 3.99. The van der Waals surface area contributed by atoms with E-state index in [9.17, 15) is 24.6 Å². The molecule has 0 spiro atoms. The Hall–Kier alpha value is -2.61. The van der Waals surface area contributed by atoms with Gasteiger partial charge in [-0.3, -0.25) is 9.59 Å². The Morgan fingerprint density at radius 3 is 2.24 bits per heavy atom. The third-order valence-electron chi connectivity index (χ3n) is 3.99. The lowest BCUT2D eigenvalue weighted by Crippen LogP contribution is -2.55. The van der Waals surface area contributed by atoms with Crippen LogP contribution in [0.4, 0.5) is 0 Å². The summed E-state index contributed by atoms with van der Waals surface area (Å²) >= 11 is 0. The van der Waals surface area contributed by atoms with Gasteiger partial charge in [-0.15, -0.1) is 0 Å². The standard InChI is InChI=1S/C17H25N3O5/c1-3-10(2)15(20-14(22)9-18)16(23)19-13(17(24)25)8-11-4-6-12(21)7-5-11/h4-7,10,13,15,21H,3,8-9,18H2,1-2H3,(H,19,23)(H,20,22)(H,24,25)/t10-,13-,15-/m0/s1. The Kier molecular flexibility index (Phi) is 7.87. The second-order valence-corrected chi connectivity index (χ2v) is 5.90. The highest BCUT2D eigenvalue weighted by molar-refractivity contribution is 5.91. The van der Waals surface area contributed by atoms with Crippen molar-refractivity contribution in [1.82, 2.24) is 10.6 Å². The fourth-order valence-corrected chi connectivity index (χ4v) is 2.26. The lowest BCUT2D eigenvalue weighted by atomic mass is 9.97. The average Bonchev–Trinajstić information content (AvgIpc) is 2.59. The van der Waals surface area contributed by atoms with E-state index in [-0.39, 0.29) is 24.6 Å². The lowest BCUT2D eigenvalue weighted by molar-refractivity contribution is -0.142. The molecule has 0 bridgehead atoms. The van der Waals surface area contributed by atoms with E-state index in [1.165, 1.54) is 12.1 Å². The number of hydrogen-bond donors (Lipinski definition) is 5. The molecule has 2 amide bonds. The van der Waals surface area contributed by atoms with Crippen LogP contribution in [-0.4, -0.2) is 46.6 Å². The predicted molar refractivity (Wildman–Crippen MR) is 91.8 cm³/mol. The molecule has 3 atom stereocenters. The summed E-state index contributed by atoms with van der Waals surface area (Å²) in [6.45, 7) is 3.40. The molecule has 0 aromatic heterocycles. The van der Waals surface area contributed by atoms with E-state index in [1.807, 2.05) is 6.92 Å². The molecule has 0 aliphatic carbocycles. The van der Waals surface area contributed by atoms with Crippen molar-refractivity contribution in [1.29, 1.82) is 0 Å². The maximum absolute atomic E-state index is 12.5. The number of carbonyl (C=O) groups excluding carboxylic acids is 2. The summed E-state index contributed by atoms with van der Waals surface area (Å²) in [5.74, 6) is -2.35. The zero-order valence-corrected chi connectivity index (χ0v) is 14.4. The number of phenols is 1. The molecule has 6 N–H and O–H groups in total. The molecule has 0 heterocycles. The summed E-state index contributed by atoms with van der Waals surface area (Å²) in [7, 11) is 0. The topological polar surface area (TPSA) is 142 Å². The predicted octanol–water partition coefficient (Wildman–Crippen LogP) is -0.00630. The van der Waals surface area contributed by atoms with Crippen LogP contribution in [0, 0.1) is 5.92 Å². The minimum Gasteiger partial charge on any atom is -0.508 e. The highest BCUT2D eigenvalue weighted by atomic mass is 16.4. The highest BCUT2D eigenvalue weighted by Crippen LogP contribution is 2.13. The summed E-state index contributed by atoms with van der Waals surface area (Å²) in [5.41, 5.74) is 5.92. The number of aliphatic carboxylic acids is 1. The van der Waals surface area contributed by atoms with Gasteiger partial charge in [-0.2, -0.15) is 0 Å². The Morgan fingerprint density at radius 2 is 1.76 bits per heavy atom. The number of amides is 2. The van der Waals surface area contributed by atoms with Gasteiger partial charge in [-0.1, -0.05) is 32.4 Å². The molecule has 0 radical (unpaired) electrons. The molecular formula is C17H25N3O5. The van der Waals surface area contributed by atoms with Crippen molar-refractivity contribution in [2.45, 2.75) is 38.8 Å². The van der Waals surface area contributed by atoms with Gasteiger partial charge >= 0.3 is 5.97 Å². The van der Waals surface area contributed by atoms with Gasteiger partial charge in [-0.25, -0.2) is 4.79 Å². The quantitative estimate of drug-likeness (QED) is 0.424. The van der Waals surface area contributed by atoms with Gasteiger partial charge in [0.25, 0.3) is 0 Å². The zero-order valence-electron chi connectivity index (χ0n) is 14.4. The van der Waals surface area contributed by atoms with Gasteiger partial charge < -0.3 is 26.6 Å². The molecule has 8 heteroatoms. The maximum Gasteiger partial charge on any atom is 0.326 e. The lowest BCUT2D eigenvalue weighted by Gasteiger charge is -2.25. The molecule has 0 saturated heterocycles. The van der Waals surface area contributed by atoms with Crippen molar-refractivity contribution in [3.8, 4) is 5.75 Å². The summed E-state index contributed by atoms with van der Waals surface area (Å²) in [4.78, 5) is 35.5. The monoisotopic (exact) mass is 351 g/mol. The first kappa shape index (κ1) is 20.4. The van der Waals surface area contributed by atoms with Crippen LogP contribution in [-0.2, 0) is 20.8 Å². The fourth-order valence-electron chi connectivity index (χ4n) is 2.26. The number of hydrogen-bond acceptors (Lipinski definition) is 5. The summed E-state index contributed by atoms with van der Waals surface area (Å²) in [5, 5.41) is 23.6. The van der Waals surface area contributed by atoms with Gasteiger partial charge in [0.15, 0.2) is 0 Å². The first-order chi connectivity index (χ1) is 11.8. The van der Waals surface area contributed by atoms with E-state index >= 15 is 0 Å². The smallest absolute Gasteiger partial charge is 0.326 e. The minimum atomic E-state index is -1.19. The van der Waals surface area contributed by atoms with Gasteiger partial charge in [0.05, 0.1) is 6.54 Å². The van der Waals surface area contributed by atoms with E-state index in [2.05, 4.69) is 10.6 Å². The first-order valence-corrected chi connectivity index (χ1v) is 8.09. The van der Waals surface area contributed by atoms with Crippen LogP contribution in [0.25, 0.3) is 0 Å². The highest BCUT2D eigenvalue weighted by Gasteiger charge is 2.29. The minimum absolute atomic E-state index is 0.0550. The molecule has 138 valence electrons. The van der Waals surface area contributed by atoms with Gasteiger partial charge in [0.2, 0.25) is 11.8 Å². The number of carbonyl (C=O) groups is 3. The molecule has 0 aliphatic rings. The third kappa shape index (κ3) is 6.42. The number of phenolic OH excluding ortho intramolecular Hbond substituents is 1. The van der Waals surface area contributed by atoms with Crippen LogP contribution in [0.2, 0.25) is 0 Å². The van der Waals surface area contributed by atoms with Crippen molar-refractivity contribution in [3.63, 3.8) is 0 Å². The Morgan fingerprint density at radius 1 is 1.16 bits per heavy atom. The summed E-state index contributed by atoms with van der Waals surface area (Å²) < 4.78 is 0. The van der Waals surface area contributed by atoms with Crippen LogP contribution < -0.4 is 16.4 Å². The van der Waals surface area contributed by atoms with Crippen LogP contribution in [0.1, 0.15) is 25.8 Å². The molecule has 0 unspecified atom stereocenters. The first-order valence-electron chi connectivity index (χ1n) is 8.09. The Balaban J connectivity index is 2.86. The van der Waals surface area contributed by atoms with Gasteiger partial charge in [0, 0.05) is 6.42 Å². The largest absolute Gasteiger partial charge is 0.508 e. The maximum atomic E-state index is 12.5. The SMILES string of the molecule is CC[C@H](C)[C@H](NC(=O)CN)C(=O)N[C@@H](Cc1ccc(O)cc1)C(=O)O. The molecule has 0 aliphatic heterocycles. The molecule has 0 saturated carbocycles. The van der Waals surface area contributed by atoms with E-state index in [1.54, 1.807) is 19.1 Å². The number of benzene rings is 1. The number of carboxylic acids is 1. The molecule has 1 rings (SSSR count). The second kappa shape index (κ2) is 9.63. The Bertz CT molecular complexity index is 603. The van der Waals surface area contributed by atoms with Crippen molar-refractivity contribution in [3.05, 3.63) is 29.8 Å². The van der Waals surface area contributed by atoms with E-state index in [0.717, 1.165) is 0 Å². The molecule has 8 nitrogen and oxygen atoms in total. The van der Waals surface area contributed by atoms with E-state index in [4.69, 9.17) is 5.73 Å². The number of aromatic hydroxyl groups is 1. The van der Waals surface area contributed by atoms with Gasteiger partial charge in [0.1, 0.15) is 17.8 Å². The Labute approximate surface area is 146 Å². The van der Waals surface area contributed by atoms with Gasteiger partial charge in [-0.05, 0) is 23.6 Å². The van der Waals surface area contributed by atoms with Crippen molar-refractivity contribution < 1.29 is 24.6 Å². The van der Waals surface area contributed by atoms with Crippen molar-refractivity contribution in [2.75, 3.05) is 6.54 Å². The molecular weight excluding hydrogens is 326 g/mol. The fraction of sp³-hybridized carbons (Fsp3) is 0.471. The van der Waals surface area contributed by atoms with E-state index < -0.39 is 29.9 Å². The number of nitrogens with one attached hydrogen (secondary N) is 2. The average molecular weight is 351 g/mol. The summed E-state index contributed by atoms with van der Waals surface area (Å²) in [6, 6.07) is 4.04. The number of nitrogens with two attached hydrogens (primary N) is 1. The van der Waals surface area contributed by atoms with Crippen molar-refractivity contribution >= 4 is 17.8 Å². The summed E-state index contributed by atoms with van der Waals surface area (Å²) in [6.07, 6.45) is 0.679. The van der Waals surface area contributed by atoms with Crippen LogP contribution >= 0.6 is 0 Å². The number of carboxylic acid groups (broad SMARTS) is 1. The van der Waals surface area contributed by atoms with Crippen LogP contribution in [0.3, 0.4) is 0 Å². The van der Waals surface area contributed by atoms with Crippen LogP contribution in [0.5, 0.6) is 5.75 Å². The van der Waals surface area contributed by atoms with E-state index in [0.29, 0.717) is 12.0 Å². The van der Waals surface area contributed by atoms with Crippen LogP contribution in [0.15, 0.2) is 24.3 Å². The van der Waals surface area contributed by atoms with Crippen molar-refractivity contribution in [2.24, 2.45) is 11.7 Å². The molecule has 1 aromatic rings. The molecule has 25 heavy (non-hydrogen) atoms. The molecule has 1 aromatic carbocycles. The number of rotatable bonds is 9. The zero-order chi connectivity index (χ0) is 19.0. The second-order valence-electron chi connectivity index (χ2n) is 5.90. The molecule has 0 fully saturated rings.